The number of carbonyl (C=O) groups excluding carboxylic acids is 1. The number of benzene rings is 1. The second-order valence-electron chi connectivity index (χ2n) is 6.34. The molecule has 0 spiro atoms. The van der Waals surface area contributed by atoms with Crippen molar-refractivity contribution in [3.8, 4) is 0 Å². The summed E-state index contributed by atoms with van der Waals surface area (Å²) in [7, 11) is 0. The highest BCUT2D eigenvalue weighted by molar-refractivity contribution is 7.16. The number of amides is 1. The van der Waals surface area contributed by atoms with Gasteiger partial charge in [-0.3, -0.25) is 4.79 Å². The van der Waals surface area contributed by atoms with Crippen molar-refractivity contribution >= 4 is 22.2 Å². The first kappa shape index (κ1) is 16.1. The molecule has 4 rings (SSSR count). The highest BCUT2D eigenvalue weighted by atomic mass is 32.1. The van der Waals surface area contributed by atoms with Crippen molar-refractivity contribution in [1.82, 2.24) is 24.7 Å². The molecule has 0 N–H and O–H groups in total. The van der Waals surface area contributed by atoms with E-state index in [4.69, 9.17) is 0 Å². The molecule has 25 heavy (non-hydrogen) atoms. The fourth-order valence-electron chi connectivity index (χ4n) is 3.16. The Bertz CT molecular complexity index is 896. The number of carbonyl (C=O) groups is 1. The molecule has 1 aromatic carbocycles. The summed E-state index contributed by atoms with van der Waals surface area (Å²) in [5.74, 6) is 0.974. The minimum atomic E-state index is -0.280. The molecule has 2 aromatic heterocycles. The predicted molar refractivity (Wildman–Crippen MR) is 92.1 cm³/mol. The molecule has 1 fully saturated rings. The van der Waals surface area contributed by atoms with Gasteiger partial charge in [-0.05, 0) is 37.5 Å². The Balaban J connectivity index is 1.37. The third-order valence-electron chi connectivity index (χ3n) is 4.63. The molecule has 130 valence electrons. The lowest BCUT2D eigenvalue weighted by Crippen LogP contribution is -2.38. The van der Waals surface area contributed by atoms with Crippen LogP contribution in [0.1, 0.15) is 35.2 Å². The first-order chi connectivity index (χ1) is 12.1. The first-order valence-electron chi connectivity index (χ1n) is 8.31. The van der Waals surface area contributed by atoms with Gasteiger partial charge >= 0.3 is 0 Å². The molecular formula is C17H18FN5OS. The largest absolute Gasteiger partial charge is 0.342 e. The quantitative estimate of drug-likeness (QED) is 0.721. The van der Waals surface area contributed by atoms with Crippen molar-refractivity contribution in [2.45, 2.75) is 32.1 Å². The van der Waals surface area contributed by atoms with Gasteiger partial charge in [-0.15, -0.1) is 10.2 Å². The third-order valence-corrected chi connectivity index (χ3v) is 5.69. The molecule has 0 radical (unpaired) electrons. The fraction of sp³-hybridized carbons (Fsp3) is 0.412. The van der Waals surface area contributed by atoms with E-state index in [-0.39, 0.29) is 11.7 Å². The van der Waals surface area contributed by atoms with Gasteiger partial charge in [-0.1, -0.05) is 23.5 Å². The molecule has 3 aromatic rings. The SMILES string of the molecule is Cc1nnc2sc(C3CCN(C(=O)Cc4ccc(F)cc4)CC3)nn12. The van der Waals surface area contributed by atoms with E-state index in [0.29, 0.717) is 12.3 Å². The molecular weight excluding hydrogens is 341 g/mol. The zero-order valence-corrected chi connectivity index (χ0v) is 14.7. The molecule has 0 saturated carbocycles. The summed E-state index contributed by atoms with van der Waals surface area (Å²) in [4.78, 5) is 15.2. The van der Waals surface area contributed by atoms with Gasteiger partial charge in [0.15, 0.2) is 5.82 Å². The van der Waals surface area contributed by atoms with Crippen molar-refractivity contribution in [2.75, 3.05) is 13.1 Å². The highest BCUT2D eigenvalue weighted by Crippen LogP contribution is 2.31. The van der Waals surface area contributed by atoms with Crippen molar-refractivity contribution < 1.29 is 9.18 Å². The molecule has 1 aliphatic rings. The molecule has 3 heterocycles. The molecule has 0 atom stereocenters. The number of fused-ring (bicyclic) bond motifs is 1. The summed E-state index contributed by atoms with van der Waals surface area (Å²) in [6, 6.07) is 6.12. The van der Waals surface area contributed by atoms with Crippen molar-refractivity contribution in [2.24, 2.45) is 0 Å². The van der Waals surface area contributed by atoms with Gasteiger partial charge in [0.25, 0.3) is 0 Å². The molecule has 6 nitrogen and oxygen atoms in total. The van der Waals surface area contributed by atoms with Crippen LogP contribution in [0.2, 0.25) is 0 Å². The third kappa shape index (κ3) is 3.26. The number of aromatic nitrogens is 4. The zero-order chi connectivity index (χ0) is 17.4. The average molecular weight is 359 g/mol. The van der Waals surface area contributed by atoms with Crippen LogP contribution in [0.15, 0.2) is 24.3 Å². The predicted octanol–water partition coefficient (Wildman–Crippen LogP) is 2.58. The number of rotatable bonds is 3. The first-order valence-corrected chi connectivity index (χ1v) is 9.13. The van der Waals surface area contributed by atoms with Gasteiger partial charge in [0, 0.05) is 19.0 Å². The Kier molecular flexibility index (Phi) is 4.20. The van der Waals surface area contributed by atoms with Gasteiger partial charge in [-0.25, -0.2) is 4.39 Å². The molecule has 0 unspecified atom stereocenters. The topological polar surface area (TPSA) is 63.4 Å². The molecule has 8 heteroatoms. The lowest BCUT2D eigenvalue weighted by molar-refractivity contribution is -0.131. The number of hydrogen-bond acceptors (Lipinski definition) is 5. The van der Waals surface area contributed by atoms with Crippen molar-refractivity contribution in [1.29, 1.82) is 0 Å². The van der Waals surface area contributed by atoms with E-state index < -0.39 is 0 Å². The molecule has 1 amide bonds. The van der Waals surface area contributed by atoms with Crippen LogP contribution >= 0.6 is 11.3 Å². The highest BCUT2D eigenvalue weighted by Gasteiger charge is 2.26. The normalized spacial score (nSPS) is 15.8. The van der Waals surface area contributed by atoms with Gasteiger partial charge in [-0.2, -0.15) is 9.61 Å². The van der Waals surface area contributed by atoms with E-state index in [1.54, 1.807) is 28.0 Å². The van der Waals surface area contributed by atoms with Crippen LogP contribution in [0.3, 0.4) is 0 Å². The Morgan fingerprint density at radius 2 is 1.96 bits per heavy atom. The van der Waals surface area contributed by atoms with E-state index in [9.17, 15) is 9.18 Å². The van der Waals surface area contributed by atoms with Crippen LogP contribution in [0, 0.1) is 12.7 Å². The maximum atomic E-state index is 13.0. The van der Waals surface area contributed by atoms with Crippen molar-refractivity contribution in [3.05, 3.63) is 46.5 Å². The summed E-state index contributed by atoms with van der Waals surface area (Å²) in [5, 5.41) is 13.8. The number of piperidine rings is 1. The minimum Gasteiger partial charge on any atom is -0.342 e. The zero-order valence-electron chi connectivity index (χ0n) is 13.9. The molecule has 0 bridgehead atoms. The Labute approximate surface area is 148 Å². The van der Waals surface area contributed by atoms with E-state index in [1.807, 2.05) is 11.8 Å². The summed E-state index contributed by atoms with van der Waals surface area (Å²) in [5.41, 5.74) is 0.845. The standard InChI is InChI=1S/C17H18FN5OS/c1-11-19-20-17-23(11)21-16(25-17)13-6-8-22(9-7-13)15(24)10-12-2-4-14(18)5-3-12/h2-5,13H,6-10H2,1H3. The lowest BCUT2D eigenvalue weighted by atomic mass is 9.97. The summed E-state index contributed by atoms with van der Waals surface area (Å²) < 4.78 is 14.7. The molecule has 1 saturated heterocycles. The maximum Gasteiger partial charge on any atom is 0.234 e. The maximum absolute atomic E-state index is 13.0. The van der Waals surface area contributed by atoms with Gasteiger partial charge < -0.3 is 4.90 Å². The Hall–Kier alpha value is -2.35. The number of halogens is 1. The Morgan fingerprint density at radius 3 is 2.64 bits per heavy atom. The summed E-state index contributed by atoms with van der Waals surface area (Å²) >= 11 is 1.58. The monoisotopic (exact) mass is 359 g/mol. The number of nitrogens with zero attached hydrogens (tertiary/aromatic N) is 5. The van der Waals surface area contributed by atoms with E-state index in [0.717, 1.165) is 47.3 Å². The minimum absolute atomic E-state index is 0.0963. The smallest absolute Gasteiger partial charge is 0.234 e. The average Bonchev–Trinajstić information content (AvgIpc) is 3.19. The van der Waals surface area contributed by atoms with E-state index in [1.165, 1.54) is 12.1 Å². The fourth-order valence-corrected chi connectivity index (χ4v) is 4.21. The number of hydrogen-bond donors (Lipinski definition) is 0. The second kappa shape index (κ2) is 6.51. The van der Waals surface area contributed by atoms with Crippen LogP contribution in [0.25, 0.3) is 4.96 Å². The summed E-state index contributed by atoms with van der Waals surface area (Å²) in [6.45, 7) is 3.34. The van der Waals surface area contributed by atoms with Crippen LogP contribution in [0.4, 0.5) is 4.39 Å². The van der Waals surface area contributed by atoms with Crippen LogP contribution in [0.5, 0.6) is 0 Å². The number of likely N-dealkylation sites (tertiary alicyclic amines) is 1. The van der Waals surface area contributed by atoms with Crippen LogP contribution < -0.4 is 0 Å². The van der Waals surface area contributed by atoms with Gasteiger partial charge in [0.1, 0.15) is 10.8 Å². The summed E-state index contributed by atoms with van der Waals surface area (Å²) in [6.07, 6.45) is 2.12. The Morgan fingerprint density at radius 1 is 1.24 bits per heavy atom. The van der Waals surface area contributed by atoms with Crippen molar-refractivity contribution in [3.63, 3.8) is 0 Å². The molecule has 1 aliphatic heterocycles. The van der Waals surface area contributed by atoms with E-state index >= 15 is 0 Å². The number of aryl methyl sites for hydroxylation is 1. The second-order valence-corrected chi connectivity index (χ2v) is 7.33. The lowest BCUT2D eigenvalue weighted by Gasteiger charge is -2.31. The molecule has 0 aliphatic carbocycles. The van der Waals surface area contributed by atoms with Gasteiger partial charge in [0.2, 0.25) is 10.9 Å². The van der Waals surface area contributed by atoms with Gasteiger partial charge in [0.05, 0.1) is 6.42 Å². The van der Waals surface area contributed by atoms with Crippen LogP contribution in [-0.2, 0) is 11.2 Å². The van der Waals surface area contributed by atoms with Crippen LogP contribution in [-0.4, -0.2) is 43.7 Å². The van der Waals surface area contributed by atoms with E-state index in [2.05, 4.69) is 15.3 Å².